The van der Waals surface area contributed by atoms with Crippen LogP contribution in [0.15, 0.2) is 72.0 Å². The van der Waals surface area contributed by atoms with E-state index in [2.05, 4.69) is 48.4 Å². The van der Waals surface area contributed by atoms with E-state index in [0.717, 1.165) is 66.3 Å². The molecule has 2 saturated heterocycles. The monoisotopic (exact) mass is 587 g/mol. The quantitative estimate of drug-likeness (QED) is 0.222. The zero-order valence-electron chi connectivity index (χ0n) is 22.6. The number of nitriles is 1. The van der Waals surface area contributed by atoms with Gasteiger partial charge in [0, 0.05) is 71.9 Å². The van der Waals surface area contributed by atoms with Gasteiger partial charge in [0.2, 0.25) is 0 Å². The molecule has 2 aliphatic rings. The summed E-state index contributed by atoms with van der Waals surface area (Å²) in [4.78, 5) is 21.9. The largest absolute Gasteiger partial charge is 0.416 e. The summed E-state index contributed by atoms with van der Waals surface area (Å²) in [5.74, 6) is 1.91. The summed E-state index contributed by atoms with van der Waals surface area (Å²) in [6, 6.07) is 15.0. The van der Waals surface area contributed by atoms with Crippen LogP contribution in [0.4, 0.5) is 24.8 Å². The molecule has 0 spiro atoms. The molecule has 42 heavy (non-hydrogen) atoms. The number of nitrogens with zero attached hydrogens (tertiary/aromatic N) is 6. The summed E-state index contributed by atoms with van der Waals surface area (Å²) in [7, 11) is 0. The van der Waals surface area contributed by atoms with Crippen LogP contribution in [0.5, 0.6) is 0 Å². The third kappa shape index (κ3) is 5.59. The van der Waals surface area contributed by atoms with E-state index in [0.29, 0.717) is 21.6 Å². The molecular formula is C31H28F3N7S. The number of H-pyrrole nitrogens is 1. The van der Waals surface area contributed by atoms with E-state index in [1.165, 1.54) is 25.3 Å². The van der Waals surface area contributed by atoms with Crippen LogP contribution in [0, 0.1) is 11.3 Å². The lowest BCUT2D eigenvalue weighted by atomic mass is 9.95. The maximum Gasteiger partial charge on any atom is 0.416 e. The Morgan fingerprint density at radius 3 is 2.48 bits per heavy atom. The third-order valence-corrected chi connectivity index (χ3v) is 8.08. The van der Waals surface area contributed by atoms with Crippen LogP contribution < -0.4 is 9.80 Å². The molecule has 1 N–H and O–H groups in total. The average Bonchev–Trinajstić information content (AvgIpc) is 3.46. The summed E-state index contributed by atoms with van der Waals surface area (Å²) >= 11 is 4.51. The number of alkyl halides is 3. The van der Waals surface area contributed by atoms with E-state index in [4.69, 9.17) is 5.26 Å². The van der Waals surface area contributed by atoms with E-state index in [9.17, 15) is 13.2 Å². The first-order valence-corrected chi connectivity index (χ1v) is 14.2. The van der Waals surface area contributed by atoms with Crippen molar-refractivity contribution in [1.82, 2.24) is 19.9 Å². The number of anilines is 2. The van der Waals surface area contributed by atoms with Crippen LogP contribution in [0.3, 0.4) is 0 Å². The van der Waals surface area contributed by atoms with Crippen molar-refractivity contribution in [3.63, 3.8) is 0 Å². The average molecular weight is 588 g/mol. The van der Waals surface area contributed by atoms with Crippen molar-refractivity contribution in [2.45, 2.75) is 36.3 Å². The van der Waals surface area contributed by atoms with Crippen LogP contribution in [-0.2, 0) is 6.18 Å². The van der Waals surface area contributed by atoms with Gasteiger partial charge in [0.1, 0.15) is 5.82 Å². The number of rotatable bonds is 3. The predicted octanol–water partition coefficient (Wildman–Crippen LogP) is 6.97. The smallest absolute Gasteiger partial charge is 0.361 e. The van der Waals surface area contributed by atoms with Gasteiger partial charge in [-0.25, -0.2) is 9.97 Å². The van der Waals surface area contributed by atoms with Crippen molar-refractivity contribution >= 4 is 46.1 Å². The Morgan fingerprint density at radius 2 is 1.71 bits per heavy atom. The number of aromatic nitrogens is 4. The molecule has 11 heteroatoms. The number of hydrogen-bond acceptors (Lipinski definition) is 7. The Labute approximate surface area is 246 Å². The van der Waals surface area contributed by atoms with Crippen LogP contribution in [-0.4, -0.2) is 46.1 Å². The van der Waals surface area contributed by atoms with Gasteiger partial charge in [-0.05, 0) is 61.7 Å². The topological polar surface area (TPSA) is 84.7 Å². The summed E-state index contributed by atoms with van der Waals surface area (Å²) in [6.07, 6.45) is 4.55. The predicted molar refractivity (Wildman–Crippen MR) is 160 cm³/mol. The summed E-state index contributed by atoms with van der Waals surface area (Å²) in [6.45, 7) is 3.47. The Morgan fingerprint density at radius 1 is 0.929 bits per heavy atom. The van der Waals surface area contributed by atoms with Crippen molar-refractivity contribution in [2.75, 3.05) is 36.0 Å². The molecule has 7 nitrogen and oxygen atoms in total. The third-order valence-electron chi connectivity index (χ3n) is 7.75. The number of halogens is 3. The normalized spacial score (nSPS) is 15.7. The SMILES string of the molecule is FC(F)(F)c1ccc2nc(N3CC(c4nccnc4N4CCCCC4)C3)c(S)cc2c1.N#Cc1cccc2[nH]ccc12. The molecule has 0 aliphatic carbocycles. The number of benzene rings is 2. The second-order valence-corrected chi connectivity index (χ2v) is 11.0. The first-order valence-electron chi connectivity index (χ1n) is 13.8. The van der Waals surface area contributed by atoms with Crippen molar-refractivity contribution in [1.29, 1.82) is 5.26 Å². The van der Waals surface area contributed by atoms with Crippen molar-refractivity contribution in [3.8, 4) is 6.07 Å². The molecule has 2 aromatic carbocycles. The minimum Gasteiger partial charge on any atom is -0.361 e. The minimum atomic E-state index is -4.38. The molecule has 0 radical (unpaired) electrons. The summed E-state index contributed by atoms with van der Waals surface area (Å²) in [5, 5.41) is 10.1. The summed E-state index contributed by atoms with van der Waals surface area (Å²) in [5.41, 5.74) is 2.60. The summed E-state index contributed by atoms with van der Waals surface area (Å²) < 4.78 is 39.0. The highest BCUT2D eigenvalue weighted by Gasteiger charge is 2.35. The van der Waals surface area contributed by atoms with Gasteiger partial charge in [0.25, 0.3) is 0 Å². The van der Waals surface area contributed by atoms with E-state index in [1.807, 2.05) is 30.5 Å². The molecule has 5 aromatic rings. The molecule has 214 valence electrons. The molecule has 7 rings (SSSR count). The lowest BCUT2D eigenvalue weighted by Crippen LogP contribution is -2.47. The van der Waals surface area contributed by atoms with Gasteiger partial charge in [-0.2, -0.15) is 18.4 Å². The molecule has 0 saturated carbocycles. The highest BCUT2D eigenvalue weighted by molar-refractivity contribution is 7.80. The minimum absolute atomic E-state index is 0.239. The number of thiol groups is 1. The van der Waals surface area contributed by atoms with Gasteiger partial charge in [-0.15, -0.1) is 12.6 Å². The fraction of sp³-hybridized carbons (Fsp3) is 0.290. The van der Waals surface area contributed by atoms with Gasteiger partial charge >= 0.3 is 6.18 Å². The number of piperidine rings is 1. The lowest BCUT2D eigenvalue weighted by molar-refractivity contribution is -0.137. The second-order valence-electron chi connectivity index (χ2n) is 10.5. The van der Waals surface area contributed by atoms with Gasteiger partial charge in [-0.3, -0.25) is 4.98 Å². The Bertz CT molecular complexity index is 1770. The molecule has 2 aliphatic heterocycles. The standard InChI is InChI=1S/C22H22F3N5S.C9H6N2/c23-22(24,25)16-4-5-17-14(10-16)11-18(31)20(28-17)30-12-15(13-30)19-21(27-7-6-26-19)29-8-2-1-3-9-29;10-6-7-2-1-3-9-8(7)4-5-11-9/h4-7,10-11,15,31H,1-3,8-9,12-13H2;1-5,11H. The zero-order chi connectivity index (χ0) is 29.3. The van der Waals surface area contributed by atoms with Gasteiger partial charge in [0.05, 0.1) is 28.4 Å². The number of aromatic amines is 1. The molecular weight excluding hydrogens is 559 g/mol. The molecule has 5 heterocycles. The molecule has 2 fully saturated rings. The van der Waals surface area contributed by atoms with Crippen LogP contribution >= 0.6 is 12.6 Å². The Kier molecular flexibility index (Phi) is 7.64. The number of hydrogen-bond donors (Lipinski definition) is 2. The first-order chi connectivity index (χ1) is 20.3. The first kappa shape index (κ1) is 27.8. The number of nitrogens with one attached hydrogen (secondary N) is 1. The fourth-order valence-electron chi connectivity index (χ4n) is 5.55. The Balaban J connectivity index is 0.000000240. The maximum absolute atomic E-state index is 13.0. The van der Waals surface area contributed by atoms with Crippen LogP contribution in [0.25, 0.3) is 21.8 Å². The van der Waals surface area contributed by atoms with Gasteiger partial charge < -0.3 is 14.8 Å². The van der Waals surface area contributed by atoms with E-state index in [1.54, 1.807) is 18.5 Å². The lowest BCUT2D eigenvalue weighted by Gasteiger charge is -2.41. The highest BCUT2D eigenvalue weighted by atomic mass is 32.1. The maximum atomic E-state index is 13.0. The number of fused-ring (bicyclic) bond motifs is 2. The number of pyridine rings is 1. The van der Waals surface area contributed by atoms with Gasteiger partial charge in [0.15, 0.2) is 5.82 Å². The Hall–Kier alpha value is -4.30. The molecule has 0 atom stereocenters. The van der Waals surface area contributed by atoms with E-state index < -0.39 is 11.7 Å². The second kappa shape index (κ2) is 11.5. The van der Waals surface area contributed by atoms with E-state index >= 15 is 0 Å². The fourth-order valence-corrected chi connectivity index (χ4v) is 5.88. The highest BCUT2D eigenvalue weighted by Crippen LogP contribution is 2.38. The van der Waals surface area contributed by atoms with Crippen LogP contribution in [0.2, 0.25) is 0 Å². The van der Waals surface area contributed by atoms with E-state index in [-0.39, 0.29) is 5.92 Å². The molecule has 0 amide bonds. The van der Waals surface area contributed by atoms with Crippen LogP contribution in [0.1, 0.15) is 42.0 Å². The molecule has 0 unspecified atom stereocenters. The molecule has 3 aromatic heterocycles. The van der Waals surface area contributed by atoms with Gasteiger partial charge in [-0.1, -0.05) is 6.07 Å². The molecule has 0 bridgehead atoms. The van der Waals surface area contributed by atoms with Crippen molar-refractivity contribution in [3.05, 3.63) is 83.9 Å². The van der Waals surface area contributed by atoms with Crippen molar-refractivity contribution in [2.24, 2.45) is 0 Å². The zero-order valence-corrected chi connectivity index (χ0v) is 23.5. The van der Waals surface area contributed by atoms with Crippen molar-refractivity contribution < 1.29 is 13.2 Å².